The average molecular weight is 201 g/mol. The number of hydrogen-bond donors (Lipinski definition) is 1. The molecule has 0 aliphatic carbocycles. The standard InChI is InChI=1S/C6H7N3O3S/c1-5-4-6(8-12-5)9-13(10,11)3-2-7/h4H,3H2,1H3,(H,8,9). The SMILES string of the molecule is Cc1cc(NS(=O)(=O)CC#N)no1. The lowest BCUT2D eigenvalue weighted by Crippen LogP contribution is -2.15. The maximum atomic E-state index is 11.0. The van der Waals surface area contributed by atoms with Crippen molar-refractivity contribution in [3.8, 4) is 6.07 Å². The molecular weight excluding hydrogens is 194 g/mol. The second-order valence-corrected chi connectivity index (χ2v) is 4.06. The molecule has 0 saturated carbocycles. The molecule has 70 valence electrons. The highest BCUT2D eigenvalue weighted by molar-refractivity contribution is 7.92. The molecule has 7 heteroatoms. The molecule has 0 aliphatic rings. The van der Waals surface area contributed by atoms with Gasteiger partial charge in [-0.2, -0.15) is 5.26 Å². The molecule has 1 heterocycles. The Hall–Kier alpha value is -1.55. The Bertz CT molecular complexity index is 428. The summed E-state index contributed by atoms with van der Waals surface area (Å²) in [6, 6.07) is 2.95. The van der Waals surface area contributed by atoms with Crippen LogP contribution in [0.5, 0.6) is 0 Å². The molecule has 1 aromatic rings. The van der Waals surface area contributed by atoms with Gasteiger partial charge in [0.15, 0.2) is 11.6 Å². The predicted molar refractivity (Wildman–Crippen MR) is 44.3 cm³/mol. The zero-order chi connectivity index (χ0) is 9.90. The van der Waals surface area contributed by atoms with E-state index in [0.29, 0.717) is 5.76 Å². The lowest BCUT2D eigenvalue weighted by Gasteiger charge is -1.97. The minimum atomic E-state index is -3.60. The van der Waals surface area contributed by atoms with E-state index in [0.717, 1.165) is 0 Å². The molecule has 0 saturated heterocycles. The van der Waals surface area contributed by atoms with Gasteiger partial charge in [-0.3, -0.25) is 4.72 Å². The third kappa shape index (κ3) is 2.76. The summed E-state index contributed by atoms with van der Waals surface area (Å²) in [5.41, 5.74) is 0. The molecule has 0 unspecified atom stereocenters. The van der Waals surface area contributed by atoms with Crippen molar-refractivity contribution >= 4 is 15.8 Å². The first-order valence-electron chi connectivity index (χ1n) is 3.34. The van der Waals surface area contributed by atoms with Gasteiger partial charge in [0.1, 0.15) is 5.76 Å². The highest BCUT2D eigenvalue weighted by Crippen LogP contribution is 2.08. The molecule has 1 rings (SSSR count). The van der Waals surface area contributed by atoms with Crippen LogP contribution in [0.4, 0.5) is 5.82 Å². The van der Waals surface area contributed by atoms with Crippen LogP contribution in [-0.4, -0.2) is 19.3 Å². The lowest BCUT2D eigenvalue weighted by atomic mass is 10.5. The topological polar surface area (TPSA) is 96.0 Å². The van der Waals surface area contributed by atoms with E-state index in [-0.39, 0.29) is 5.82 Å². The Morgan fingerprint density at radius 2 is 2.46 bits per heavy atom. The Kier molecular flexibility index (Phi) is 2.53. The van der Waals surface area contributed by atoms with E-state index in [1.807, 2.05) is 0 Å². The van der Waals surface area contributed by atoms with Crippen molar-refractivity contribution in [2.75, 3.05) is 10.5 Å². The minimum absolute atomic E-state index is 0.0905. The molecular formula is C6H7N3O3S. The van der Waals surface area contributed by atoms with Crippen LogP contribution in [0.25, 0.3) is 0 Å². The largest absolute Gasteiger partial charge is 0.360 e. The molecule has 1 aromatic heterocycles. The molecule has 0 radical (unpaired) electrons. The fourth-order valence-corrected chi connectivity index (χ4v) is 1.35. The number of aryl methyl sites for hydroxylation is 1. The van der Waals surface area contributed by atoms with Crippen LogP contribution in [0.3, 0.4) is 0 Å². The van der Waals surface area contributed by atoms with Gasteiger partial charge in [-0.1, -0.05) is 5.16 Å². The predicted octanol–water partition coefficient (Wildman–Crippen LogP) is 0.248. The molecule has 0 atom stereocenters. The number of rotatable bonds is 3. The quantitative estimate of drug-likeness (QED) is 0.756. The van der Waals surface area contributed by atoms with Crippen molar-refractivity contribution < 1.29 is 12.9 Å². The number of hydrogen-bond acceptors (Lipinski definition) is 5. The van der Waals surface area contributed by atoms with E-state index in [1.165, 1.54) is 12.1 Å². The number of aromatic nitrogens is 1. The van der Waals surface area contributed by atoms with Crippen molar-refractivity contribution in [1.82, 2.24) is 5.16 Å². The number of anilines is 1. The summed E-state index contributed by atoms with van der Waals surface area (Å²) in [4.78, 5) is 0. The summed E-state index contributed by atoms with van der Waals surface area (Å²) in [6.07, 6.45) is 0. The van der Waals surface area contributed by atoms with Gasteiger partial charge in [0.25, 0.3) is 0 Å². The summed E-state index contributed by atoms with van der Waals surface area (Å²) in [6.45, 7) is 1.63. The summed E-state index contributed by atoms with van der Waals surface area (Å²) in [7, 11) is -3.60. The van der Waals surface area contributed by atoms with Gasteiger partial charge < -0.3 is 4.52 Å². The van der Waals surface area contributed by atoms with Crippen LogP contribution < -0.4 is 4.72 Å². The van der Waals surface area contributed by atoms with E-state index in [4.69, 9.17) is 5.26 Å². The molecule has 0 aromatic carbocycles. The zero-order valence-corrected chi connectivity index (χ0v) is 7.63. The fraction of sp³-hybridized carbons (Fsp3) is 0.333. The fourth-order valence-electron chi connectivity index (χ4n) is 0.695. The van der Waals surface area contributed by atoms with Crippen LogP contribution in [0, 0.1) is 18.3 Å². The van der Waals surface area contributed by atoms with E-state index in [9.17, 15) is 8.42 Å². The Morgan fingerprint density at radius 1 is 1.77 bits per heavy atom. The molecule has 0 fully saturated rings. The third-order valence-corrected chi connectivity index (χ3v) is 2.17. The normalized spacial score (nSPS) is 10.8. The van der Waals surface area contributed by atoms with Crippen LogP contribution in [-0.2, 0) is 10.0 Å². The van der Waals surface area contributed by atoms with E-state index in [1.54, 1.807) is 6.92 Å². The average Bonchev–Trinajstić information content (AvgIpc) is 2.34. The first kappa shape index (κ1) is 9.54. The van der Waals surface area contributed by atoms with Crippen LogP contribution in [0.2, 0.25) is 0 Å². The van der Waals surface area contributed by atoms with E-state index < -0.39 is 15.8 Å². The highest BCUT2D eigenvalue weighted by Gasteiger charge is 2.11. The van der Waals surface area contributed by atoms with Crippen LogP contribution >= 0.6 is 0 Å². The first-order chi connectivity index (χ1) is 6.03. The molecule has 0 bridgehead atoms. The van der Waals surface area contributed by atoms with E-state index >= 15 is 0 Å². The van der Waals surface area contributed by atoms with Crippen molar-refractivity contribution in [1.29, 1.82) is 5.26 Å². The summed E-state index contributed by atoms with van der Waals surface area (Å²) in [5, 5.41) is 11.6. The number of nitriles is 1. The van der Waals surface area contributed by atoms with Crippen LogP contribution in [0.1, 0.15) is 5.76 Å². The van der Waals surface area contributed by atoms with Crippen molar-refractivity contribution in [2.45, 2.75) is 6.92 Å². The maximum Gasteiger partial charge on any atom is 0.247 e. The first-order valence-corrected chi connectivity index (χ1v) is 4.99. The zero-order valence-electron chi connectivity index (χ0n) is 6.81. The van der Waals surface area contributed by atoms with Gasteiger partial charge in [-0.25, -0.2) is 8.42 Å². The minimum Gasteiger partial charge on any atom is -0.360 e. The van der Waals surface area contributed by atoms with Gasteiger partial charge in [0, 0.05) is 6.07 Å². The monoisotopic (exact) mass is 201 g/mol. The molecule has 0 aliphatic heterocycles. The van der Waals surface area contributed by atoms with Gasteiger partial charge in [-0.15, -0.1) is 0 Å². The molecule has 13 heavy (non-hydrogen) atoms. The molecule has 0 spiro atoms. The van der Waals surface area contributed by atoms with Gasteiger partial charge in [0.05, 0.1) is 6.07 Å². The molecule has 0 amide bonds. The van der Waals surface area contributed by atoms with Gasteiger partial charge >= 0.3 is 0 Å². The molecule has 1 N–H and O–H groups in total. The van der Waals surface area contributed by atoms with Crippen molar-refractivity contribution in [2.24, 2.45) is 0 Å². The Balaban J connectivity index is 2.76. The number of nitrogens with zero attached hydrogens (tertiary/aromatic N) is 2. The lowest BCUT2D eigenvalue weighted by molar-refractivity contribution is 0.400. The Labute approximate surface area is 75.2 Å². The third-order valence-electron chi connectivity index (χ3n) is 1.14. The summed E-state index contributed by atoms with van der Waals surface area (Å²) >= 11 is 0. The van der Waals surface area contributed by atoms with Gasteiger partial charge in [0.2, 0.25) is 10.0 Å². The summed E-state index contributed by atoms with van der Waals surface area (Å²) < 4.78 is 28.7. The molecule has 6 nitrogen and oxygen atoms in total. The van der Waals surface area contributed by atoms with Crippen molar-refractivity contribution in [3.05, 3.63) is 11.8 Å². The smallest absolute Gasteiger partial charge is 0.247 e. The number of sulfonamides is 1. The van der Waals surface area contributed by atoms with Crippen LogP contribution in [0.15, 0.2) is 10.6 Å². The van der Waals surface area contributed by atoms with Gasteiger partial charge in [-0.05, 0) is 6.92 Å². The second kappa shape index (κ2) is 3.45. The summed E-state index contributed by atoms with van der Waals surface area (Å²) in [5.74, 6) is -0.0127. The Morgan fingerprint density at radius 3 is 2.92 bits per heavy atom. The van der Waals surface area contributed by atoms with Crippen molar-refractivity contribution in [3.63, 3.8) is 0 Å². The van der Waals surface area contributed by atoms with E-state index in [2.05, 4.69) is 14.4 Å². The highest BCUT2D eigenvalue weighted by atomic mass is 32.2. The second-order valence-electron chi connectivity index (χ2n) is 2.34. The number of nitrogens with one attached hydrogen (secondary N) is 1. The maximum absolute atomic E-state index is 11.0.